The summed E-state index contributed by atoms with van der Waals surface area (Å²) in [5.41, 5.74) is 0.561. The smallest absolute Gasteiger partial charge is 0.334 e. The summed E-state index contributed by atoms with van der Waals surface area (Å²) in [5.74, 6) is -0.660. The van der Waals surface area contributed by atoms with E-state index in [1.165, 1.54) is 0 Å². The topological polar surface area (TPSA) is 46.5 Å². The molecule has 0 atom stereocenters. The molecular weight excluding hydrogens is 260 g/mol. The minimum absolute atomic E-state index is 0.110. The predicted molar refractivity (Wildman–Crippen MR) is 61.4 cm³/mol. The molecule has 1 N–H and O–H groups in total. The van der Waals surface area contributed by atoms with Gasteiger partial charge in [0.1, 0.15) is 5.76 Å². The molecule has 0 radical (unpaired) electrons. The first-order valence-corrected chi connectivity index (χ1v) is 5.26. The average molecular weight is 271 g/mol. The zero-order chi connectivity index (χ0) is 11.3. The second-order valence-corrected chi connectivity index (χ2v) is 3.62. The zero-order valence-electron chi connectivity index (χ0n) is 8.24. The van der Waals surface area contributed by atoms with Gasteiger partial charge in [-0.15, -0.1) is 0 Å². The molecule has 80 valence electrons. The molecule has 0 aliphatic carbocycles. The molecule has 0 aliphatic heterocycles. The number of esters is 1. The Kier molecular flexibility index (Phi) is 4.37. The third-order valence-electron chi connectivity index (χ3n) is 1.69. The van der Waals surface area contributed by atoms with E-state index in [1.807, 2.05) is 6.07 Å². The molecule has 4 heteroatoms. The van der Waals surface area contributed by atoms with E-state index in [9.17, 15) is 9.90 Å². The van der Waals surface area contributed by atoms with Crippen LogP contribution in [0.5, 0.6) is 0 Å². The zero-order valence-corrected chi connectivity index (χ0v) is 9.82. The molecule has 0 aliphatic rings. The number of hydrogen-bond donors (Lipinski definition) is 1. The van der Waals surface area contributed by atoms with Crippen molar-refractivity contribution in [3.05, 3.63) is 40.4 Å². The maximum absolute atomic E-state index is 11.1. The van der Waals surface area contributed by atoms with Crippen LogP contribution in [-0.4, -0.2) is 17.7 Å². The highest BCUT2D eigenvalue weighted by Crippen LogP contribution is 2.21. The van der Waals surface area contributed by atoms with Crippen molar-refractivity contribution < 1.29 is 14.6 Å². The van der Waals surface area contributed by atoms with Gasteiger partial charge >= 0.3 is 5.97 Å². The number of carbonyl (C=O) groups excluding carboxylic acids is 1. The molecule has 0 fully saturated rings. The molecule has 1 rings (SSSR count). The Morgan fingerprint density at radius 3 is 2.80 bits per heavy atom. The van der Waals surface area contributed by atoms with Gasteiger partial charge in [-0.3, -0.25) is 0 Å². The lowest BCUT2D eigenvalue weighted by Gasteiger charge is -2.02. The van der Waals surface area contributed by atoms with Crippen molar-refractivity contribution in [2.75, 3.05) is 6.61 Å². The standard InChI is InChI=1S/C11H11BrO3/c1-2-15-11(14)7-10(13)8-5-3-4-6-9(8)12/h3-7,13H,2H2,1H3/b10-7-. The van der Waals surface area contributed by atoms with E-state index >= 15 is 0 Å². The number of benzene rings is 1. The molecule has 0 bridgehead atoms. The third kappa shape index (κ3) is 3.40. The molecule has 0 aromatic heterocycles. The fourth-order valence-corrected chi connectivity index (χ4v) is 1.53. The van der Waals surface area contributed by atoms with Crippen molar-refractivity contribution in [2.24, 2.45) is 0 Å². The Bertz CT molecular complexity index is 385. The average Bonchev–Trinajstić information content (AvgIpc) is 2.18. The van der Waals surface area contributed by atoms with Gasteiger partial charge in [0.25, 0.3) is 0 Å². The molecule has 0 heterocycles. The molecule has 0 spiro atoms. The van der Waals surface area contributed by atoms with Crippen LogP contribution in [0.15, 0.2) is 34.8 Å². The molecule has 0 amide bonds. The summed E-state index contributed by atoms with van der Waals surface area (Å²) >= 11 is 3.27. The van der Waals surface area contributed by atoms with Crippen molar-refractivity contribution in [2.45, 2.75) is 6.92 Å². The van der Waals surface area contributed by atoms with E-state index in [-0.39, 0.29) is 5.76 Å². The van der Waals surface area contributed by atoms with Crippen LogP contribution in [0.1, 0.15) is 12.5 Å². The first-order valence-electron chi connectivity index (χ1n) is 4.47. The van der Waals surface area contributed by atoms with E-state index in [1.54, 1.807) is 25.1 Å². The fourth-order valence-electron chi connectivity index (χ4n) is 1.04. The summed E-state index contributed by atoms with van der Waals surface area (Å²) in [5, 5.41) is 9.63. The Morgan fingerprint density at radius 2 is 2.20 bits per heavy atom. The van der Waals surface area contributed by atoms with Crippen LogP contribution in [0.2, 0.25) is 0 Å². The number of carbonyl (C=O) groups is 1. The molecule has 0 saturated carbocycles. The Labute approximate surface area is 96.5 Å². The molecule has 3 nitrogen and oxygen atoms in total. The highest BCUT2D eigenvalue weighted by molar-refractivity contribution is 9.10. The second-order valence-electron chi connectivity index (χ2n) is 2.76. The van der Waals surface area contributed by atoms with E-state index in [2.05, 4.69) is 20.7 Å². The summed E-state index contributed by atoms with van der Waals surface area (Å²) in [6, 6.07) is 7.08. The number of rotatable bonds is 3. The molecule has 15 heavy (non-hydrogen) atoms. The number of halogens is 1. The molecule has 1 aromatic rings. The van der Waals surface area contributed by atoms with Gasteiger partial charge in [0, 0.05) is 10.0 Å². The normalized spacial score (nSPS) is 11.2. The minimum Gasteiger partial charge on any atom is -0.507 e. The quantitative estimate of drug-likeness (QED) is 0.522. The fraction of sp³-hybridized carbons (Fsp3) is 0.182. The lowest BCUT2D eigenvalue weighted by molar-refractivity contribution is -0.137. The van der Waals surface area contributed by atoms with Crippen LogP contribution in [-0.2, 0) is 9.53 Å². The Hall–Kier alpha value is -1.29. The van der Waals surface area contributed by atoms with Crippen LogP contribution in [0.25, 0.3) is 5.76 Å². The van der Waals surface area contributed by atoms with Gasteiger partial charge in [-0.1, -0.05) is 34.1 Å². The Morgan fingerprint density at radius 1 is 1.53 bits per heavy atom. The maximum atomic E-state index is 11.1. The van der Waals surface area contributed by atoms with Crippen LogP contribution in [0.4, 0.5) is 0 Å². The largest absolute Gasteiger partial charge is 0.507 e. The van der Waals surface area contributed by atoms with Gasteiger partial charge in [-0.05, 0) is 13.0 Å². The van der Waals surface area contributed by atoms with E-state index in [0.717, 1.165) is 10.5 Å². The van der Waals surface area contributed by atoms with Gasteiger partial charge in [-0.25, -0.2) is 4.79 Å². The van der Waals surface area contributed by atoms with Gasteiger partial charge in [-0.2, -0.15) is 0 Å². The first kappa shape index (κ1) is 11.8. The van der Waals surface area contributed by atoms with Crippen LogP contribution in [0.3, 0.4) is 0 Å². The van der Waals surface area contributed by atoms with Crippen molar-refractivity contribution in [1.29, 1.82) is 0 Å². The number of ether oxygens (including phenoxy) is 1. The predicted octanol–water partition coefficient (Wildman–Crippen LogP) is 2.91. The van der Waals surface area contributed by atoms with Gasteiger partial charge < -0.3 is 9.84 Å². The molecule has 0 saturated heterocycles. The monoisotopic (exact) mass is 270 g/mol. The van der Waals surface area contributed by atoms with Gasteiger partial charge in [0.05, 0.1) is 12.7 Å². The van der Waals surface area contributed by atoms with Gasteiger partial charge in [0.15, 0.2) is 0 Å². The van der Waals surface area contributed by atoms with E-state index in [0.29, 0.717) is 12.2 Å². The SMILES string of the molecule is CCOC(=O)/C=C(\O)c1ccccc1Br. The number of hydrogen-bond acceptors (Lipinski definition) is 3. The lowest BCUT2D eigenvalue weighted by atomic mass is 10.2. The highest BCUT2D eigenvalue weighted by atomic mass is 79.9. The summed E-state index contributed by atoms with van der Waals surface area (Å²) < 4.78 is 5.41. The van der Waals surface area contributed by atoms with Crippen molar-refractivity contribution in [3.8, 4) is 0 Å². The van der Waals surface area contributed by atoms with Gasteiger partial charge in [0.2, 0.25) is 0 Å². The summed E-state index contributed by atoms with van der Waals surface area (Å²) in [4.78, 5) is 11.1. The molecular formula is C11H11BrO3. The maximum Gasteiger partial charge on any atom is 0.334 e. The highest BCUT2D eigenvalue weighted by Gasteiger charge is 2.06. The number of aliphatic hydroxyl groups excluding tert-OH is 1. The minimum atomic E-state index is -0.550. The van der Waals surface area contributed by atoms with Crippen LogP contribution in [0, 0.1) is 0 Å². The Balaban J connectivity index is 2.89. The van der Waals surface area contributed by atoms with Crippen LogP contribution < -0.4 is 0 Å². The van der Waals surface area contributed by atoms with E-state index in [4.69, 9.17) is 0 Å². The van der Waals surface area contributed by atoms with E-state index < -0.39 is 5.97 Å². The first-order chi connectivity index (χ1) is 7.15. The van der Waals surface area contributed by atoms with Crippen molar-refractivity contribution in [3.63, 3.8) is 0 Å². The summed E-state index contributed by atoms with van der Waals surface area (Å²) in [7, 11) is 0. The summed E-state index contributed by atoms with van der Waals surface area (Å²) in [6.07, 6.45) is 1.06. The summed E-state index contributed by atoms with van der Waals surface area (Å²) in [6.45, 7) is 2.00. The second kappa shape index (κ2) is 5.56. The number of aliphatic hydroxyl groups is 1. The molecule has 0 unspecified atom stereocenters. The van der Waals surface area contributed by atoms with Crippen molar-refractivity contribution >= 4 is 27.7 Å². The third-order valence-corrected chi connectivity index (χ3v) is 2.38. The lowest BCUT2D eigenvalue weighted by Crippen LogP contribution is -2.01. The van der Waals surface area contributed by atoms with Crippen molar-refractivity contribution in [1.82, 2.24) is 0 Å². The van der Waals surface area contributed by atoms with Crippen LogP contribution >= 0.6 is 15.9 Å². The molecule has 1 aromatic carbocycles.